The Balaban J connectivity index is 2.48. The third-order valence-electron chi connectivity index (χ3n) is 1.62. The van der Waals surface area contributed by atoms with Crippen LogP contribution in [0.4, 0.5) is 4.39 Å². The minimum atomic E-state index is -0.434. The summed E-state index contributed by atoms with van der Waals surface area (Å²) >= 11 is 0. The quantitative estimate of drug-likeness (QED) is 0.565. The molecule has 0 unspecified atom stereocenters. The van der Waals surface area contributed by atoms with Gasteiger partial charge in [0.1, 0.15) is 0 Å². The van der Waals surface area contributed by atoms with E-state index >= 15 is 0 Å². The molecule has 1 aromatic heterocycles. The zero-order valence-corrected chi connectivity index (χ0v) is 7.63. The predicted molar refractivity (Wildman–Crippen MR) is 51.8 cm³/mol. The Hall–Kier alpha value is -1.22. The molecule has 1 aromatic rings. The lowest BCUT2D eigenvalue weighted by Crippen LogP contribution is -2.05. The molecule has 0 spiro atoms. The van der Waals surface area contributed by atoms with Gasteiger partial charge in [0.05, 0.1) is 0 Å². The molecule has 0 atom stereocenters. The van der Waals surface area contributed by atoms with Gasteiger partial charge in [-0.3, -0.25) is 0 Å². The lowest BCUT2D eigenvalue weighted by molar-refractivity contribution is 0.583. The first kappa shape index (κ1) is 9.86. The number of nitrogens with one attached hydrogen (secondary N) is 1. The molecule has 0 bridgehead atoms. The summed E-state index contributed by atoms with van der Waals surface area (Å²) in [6, 6.07) is 3.19. The molecular formula is C10H13FN2. The molecule has 1 N–H and O–H groups in total. The van der Waals surface area contributed by atoms with Crippen molar-refractivity contribution in [2.45, 2.75) is 6.42 Å². The van der Waals surface area contributed by atoms with Gasteiger partial charge in [-0.2, -0.15) is 4.39 Å². The number of nitrogens with zero attached hydrogens (tertiary/aromatic N) is 1. The lowest BCUT2D eigenvalue weighted by atomic mass is 10.2. The van der Waals surface area contributed by atoms with Crippen LogP contribution in [0.25, 0.3) is 6.08 Å². The average molecular weight is 180 g/mol. The van der Waals surface area contributed by atoms with E-state index in [0.29, 0.717) is 0 Å². The van der Waals surface area contributed by atoms with Crippen LogP contribution in [0.5, 0.6) is 0 Å². The van der Waals surface area contributed by atoms with Crippen molar-refractivity contribution in [2.24, 2.45) is 0 Å². The fourth-order valence-electron chi connectivity index (χ4n) is 0.968. The maximum absolute atomic E-state index is 12.6. The van der Waals surface area contributed by atoms with E-state index in [4.69, 9.17) is 0 Å². The molecule has 0 amide bonds. The van der Waals surface area contributed by atoms with Crippen LogP contribution in [0.15, 0.2) is 24.4 Å². The second kappa shape index (κ2) is 5.43. The molecule has 0 fully saturated rings. The number of pyridine rings is 1. The molecule has 1 rings (SSSR count). The van der Waals surface area contributed by atoms with Gasteiger partial charge in [-0.05, 0) is 31.6 Å². The van der Waals surface area contributed by atoms with Crippen molar-refractivity contribution in [3.05, 3.63) is 35.9 Å². The average Bonchev–Trinajstić information content (AvgIpc) is 2.13. The van der Waals surface area contributed by atoms with Crippen molar-refractivity contribution >= 4 is 6.08 Å². The van der Waals surface area contributed by atoms with E-state index in [1.807, 2.05) is 19.2 Å². The van der Waals surface area contributed by atoms with E-state index in [1.54, 1.807) is 6.07 Å². The zero-order valence-electron chi connectivity index (χ0n) is 7.63. The predicted octanol–water partition coefficient (Wildman–Crippen LogP) is 1.84. The van der Waals surface area contributed by atoms with E-state index in [2.05, 4.69) is 10.3 Å². The highest BCUT2D eigenvalue weighted by atomic mass is 19.1. The molecular weight excluding hydrogens is 167 g/mol. The first-order chi connectivity index (χ1) is 6.33. The molecule has 0 aliphatic rings. The molecule has 0 radical (unpaired) electrons. The molecule has 0 aromatic carbocycles. The van der Waals surface area contributed by atoms with Crippen molar-refractivity contribution in [1.29, 1.82) is 0 Å². The van der Waals surface area contributed by atoms with Crippen LogP contribution < -0.4 is 5.32 Å². The van der Waals surface area contributed by atoms with Crippen LogP contribution in [-0.2, 0) is 0 Å². The van der Waals surface area contributed by atoms with Gasteiger partial charge < -0.3 is 5.32 Å². The molecule has 0 aliphatic heterocycles. The topological polar surface area (TPSA) is 24.9 Å². The van der Waals surface area contributed by atoms with Crippen molar-refractivity contribution in [1.82, 2.24) is 10.3 Å². The van der Waals surface area contributed by atoms with Gasteiger partial charge in [0.25, 0.3) is 0 Å². The zero-order chi connectivity index (χ0) is 9.52. The highest BCUT2D eigenvalue weighted by Crippen LogP contribution is 2.02. The van der Waals surface area contributed by atoms with Crippen molar-refractivity contribution in [3.8, 4) is 0 Å². The summed E-state index contributed by atoms with van der Waals surface area (Å²) in [6.45, 7) is 0.935. The molecule has 0 aliphatic carbocycles. The Kier molecular flexibility index (Phi) is 4.12. The summed E-state index contributed by atoms with van der Waals surface area (Å²) in [5.74, 6) is -0.434. The minimum Gasteiger partial charge on any atom is -0.319 e. The van der Waals surface area contributed by atoms with Gasteiger partial charge in [-0.25, -0.2) is 4.98 Å². The highest BCUT2D eigenvalue weighted by Gasteiger charge is 1.90. The van der Waals surface area contributed by atoms with Crippen molar-refractivity contribution < 1.29 is 4.39 Å². The smallest absolute Gasteiger partial charge is 0.213 e. The molecule has 0 saturated carbocycles. The Morgan fingerprint density at radius 3 is 3.15 bits per heavy atom. The third kappa shape index (κ3) is 3.80. The summed E-state index contributed by atoms with van der Waals surface area (Å²) in [6.07, 6.45) is 6.31. The standard InChI is InChI=1S/C10H13FN2/c1-12-6-3-2-4-9-5-7-13-10(11)8-9/h2,4-5,7-8,12H,3,6H2,1H3. The summed E-state index contributed by atoms with van der Waals surface area (Å²) < 4.78 is 12.6. The van der Waals surface area contributed by atoms with E-state index in [1.165, 1.54) is 12.3 Å². The van der Waals surface area contributed by atoms with E-state index in [-0.39, 0.29) is 0 Å². The lowest BCUT2D eigenvalue weighted by Gasteiger charge is -1.93. The summed E-state index contributed by atoms with van der Waals surface area (Å²) in [5.41, 5.74) is 0.851. The number of halogens is 1. The van der Waals surface area contributed by atoms with Crippen molar-refractivity contribution in [3.63, 3.8) is 0 Å². The van der Waals surface area contributed by atoms with Crippen LogP contribution in [-0.4, -0.2) is 18.6 Å². The number of rotatable bonds is 4. The first-order valence-electron chi connectivity index (χ1n) is 4.25. The summed E-state index contributed by atoms with van der Waals surface area (Å²) in [4.78, 5) is 3.47. The van der Waals surface area contributed by atoms with E-state index in [0.717, 1.165) is 18.5 Å². The number of hydrogen-bond donors (Lipinski definition) is 1. The van der Waals surface area contributed by atoms with Crippen LogP contribution in [0.1, 0.15) is 12.0 Å². The fourth-order valence-corrected chi connectivity index (χ4v) is 0.968. The molecule has 13 heavy (non-hydrogen) atoms. The van der Waals surface area contributed by atoms with Gasteiger partial charge in [0, 0.05) is 12.3 Å². The molecule has 3 heteroatoms. The van der Waals surface area contributed by atoms with Gasteiger partial charge in [-0.1, -0.05) is 12.2 Å². The van der Waals surface area contributed by atoms with E-state index in [9.17, 15) is 4.39 Å². The maximum Gasteiger partial charge on any atom is 0.213 e. The third-order valence-corrected chi connectivity index (χ3v) is 1.62. The first-order valence-corrected chi connectivity index (χ1v) is 4.25. The van der Waals surface area contributed by atoms with E-state index < -0.39 is 5.95 Å². The normalized spacial score (nSPS) is 10.9. The molecule has 0 saturated heterocycles. The SMILES string of the molecule is CNCCC=Cc1ccnc(F)c1. The fraction of sp³-hybridized carbons (Fsp3) is 0.300. The highest BCUT2D eigenvalue weighted by molar-refractivity contribution is 5.47. The molecule has 70 valence electrons. The van der Waals surface area contributed by atoms with Gasteiger partial charge >= 0.3 is 0 Å². The van der Waals surface area contributed by atoms with Crippen LogP contribution in [0, 0.1) is 5.95 Å². The maximum atomic E-state index is 12.6. The number of aromatic nitrogens is 1. The summed E-state index contributed by atoms with van der Waals surface area (Å²) in [7, 11) is 1.90. The van der Waals surface area contributed by atoms with Gasteiger partial charge in [0.2, 0.25) is 5.95 Å². The molecule has 1 heterocycles. The second-order valence-corrected chi connectivity index (χ2v) is 2.71. The summed E-state index contributed by atoms with van der Waals surface area (Å²) in [5, 5.41) is 3.03. The Morgan fingerprint density at radius 2 is 2.46 bits per heavy atom. The minimum absolute atomic E-state index is 0.434. The molecule has 2 nitrogen and oxygen atoms in total. The van der Waals surface area contributed by atoms with Crippen LogP contribution in [0.2, 0.25) is 0 Å². The van der Waals surface area contributed by atoms with Crippen LogP contribution >= 0.6 is 0 Å². The van der Waals surface area contributed by atoms with Crippen molar-refractivity contribution in [2.75, 3.05) is 13.6 Å². The Morgan fingerprint density at radius 1 is 1.62 bits per heavy atom. The largest absolute Gasteiger partial charge is 0.319 e. The Bertz CT molecular complexity index is 284. The monoisotopic (exact) mass is 180 g/mol. The number of hydrogen-bond acceptors (Lipinski definition) is 2. The van der Waals surface area contributed by atoms with Gasteiger partial charge in [-0.15, -0.1) is 0 Å². The van der Waals surface area contributed by atoms with Gasteiger partial charge in [0.15, 0.2) is 0 Å². The Labute approximate surface area is 77.5 Å². The second-order valence-electron chi connectivity index (χ2n) is 2.71. The van der Waals surface area contributed by atoms with Crippen LogP contribution in [0.3, 0.4) is 0 Å².